The highest BCUT2D eigenvalue weighted by Gasteiger charge is 2.26. The minimum absolute atomic E-state index is 0.00548. The van der Waals surface area contributed by atoms with Gasteiger partial charge in [-0.05, 0) is 37.3 Å². The van der Waals surface area contributed by atoms with Crippen molar-refractivity contribution in [3.8, 4) is 0 Å². The van der Waals surface area contributed by atoms with Crippen molar-refractivity contribution in [2.45, 2.75) is 45.2 Å². The van der Waals surface area contributed by atoms with Crippen LogP contribution in [0.4, 0.5) is 11.4 Å². The Morgan fingerprint density at radius 3 is 2.65 bits per heavy atom. The molecule has 1 atom stereocenters. The molecular formula is C16H23N3O4. The van der Waals surface area contributed by atoms with E-state index in [0.717, 1.165) is 12.8 Å². The molecule has 0 saturated heterocycles. The maximum Gasteiger partial charge on any atom is 0.293 e. The van der Waals surface area contributed by atoms with Crippen molar-refractivity contribution in [2.75, 3.05) is 11.9 Å². The SMILES string of the molecule is CC(C)[C@@H](CCO)Nc1ccc(C(=O)NC2CC2)cc1[N+](=O)[O-]. The molecule has 1 amide bonds. The van der Waals surface area contributed by atoms with Crippen LogP contribution in [0.5, 0.6) is 0 Å². The van der Waals surface area contributed by atoms with Gasteiger partial charge in [-0.25, -0.2) is 0 Å². The summed E-state index contributed by atoms with van der Waals surface area (Å²) in [4.78, 5) is 22.9. The summed E-state index contributed by atoms with van der Waals surface area (Å²) in [6, 6.07) is 4.57. The van der Waals surface area contributed by atoms with Gasteiger partial charge >= 0.3 is 0 Å². The van der Waals surface area contributed by atoms with Gasteiger partial charge in [0.15, 0.2) is 0 Å². The molecular weight excluding hydrogens is 298 g/mol. The van der Waals surface area contributed by atoms with E-state index in [-0.39, 0.29) is 41.8 Å². The number of anilines is 1. The van der Waals surface area contributed by atoms with Gasteiger partial charge in [0.1, 0.15) is 5.69 Å². The molecule has 0 heterocycles. The third-order valence-corrected chi connectivity index (χ3v) is 3.95. The highest BCUT2D eigenvalue weighted by Crippen LogP contribution is 2.28. The molecule has 0 bridgehead atoms. The lowest BCUT2D eigenvalue weighted by Gasteiger charge is -2.22. The van der Waals surface area contributed by atoms with Gasteiger partial charge in [-0.1, -0.05) is 13.8 Å². The van der Waals surface area contributed by atoms with E-state index in [1.54, 1.807) is 12.1 Å². The van der Waals surface area contributed by atoms with Gasteiger partial charge in [0.2, 0.25) is 0 Å². The van der Waals surface area contributed by atoms with Crippen molar-refractivity contribution in [1.82, 2.24) is 5.32 Å². The van der Waals surface area contributed by atoms with E-state index in [1.165, 1.54) is 6.07 Å². The van der Waals surface area contributed by atoms with Crippen LogP contribution in [0.3, 0.4) is 0 Å². The Kier molecular flexibility index (Phi) is 5.54. The second-order valence-electron chi connectivity index (χ2n) is 6.24. The molecule has 23 heavy (non-hydrogen) atoms. The highest BCUT2D eigenvalue weighted by atomic mass is 16.6. The molecule has 0 aromatic heterocycles. The van der Waals surface area contributed by atoms with Gasteiger partial charge in [-0.3, -0.25) is 14.9 Å². The number of carbonyl (C=O) groups is 1. The molecule has 0 aliphatic heterocycles. The maximum absolute atomic E-state index is 12.0. The molecule has 1 saturated carbocycles. The summed E-state index contributed by atoms with van der Waals surface area (Å²) in [6.07, 6.45) is 2.42. The number of hydrogen-bond acceptors (Lipinski definition) is 5. The van der Waals surface area contributed by atoms with Gasteiger partial charge in [0, 0.05) is 30.3 Å². The second kappa shape index (κ2) is 7.41. The van der Waals surface area contributed by atoms with Crippen molar-refractivity contribution in [3.63, 3.8) is 0 Å². The van der Waals surface area contributed by atoms with Crippen molar-refractivity contribution >= 4 is 17.3 Å². The summed E-state index contributed by atoms with van der Waals surface area (Å²) in [5.41, 5.74) is 0.527. The molecule has 2 rings (SSSR count). The zero-order valence-electron chi connectivity index (χ0n) is 13.4. The number of aliphatic hydroxyl groups is 1. The average molecular weight is 321 g/mol. The fourth-order valence-electron chi connectivity index (χ4n) is 2.35. The lowest BCUT2D eigenvalue weighted by Crippen LogP contribution is -2.28. The molecule has 1 aliphatic carbocycles. The Hall–Kier alpha value is -2.15. The van der Waals surface area contributed by atoms with Crippen LogP contribution in [0.15, 0.2) is 18.2 Å². The third-order valence-electron chi connectivity index (χ3n) is 3.95. The van der Waals surface area contributed by atoms with Crippen LogP contribution in [0.25, 0.3) is 0 Å². The predicted molar refractivity (Wildman–Crippen MR) is 87.5 cm³/mol. The highest BCUT2D eigenvalue weighted by molar-refractivity contribution is 5.96. The largest absolute Gasteiger partial charge is 0.396 e. The van der Waals surface area contributed by atoms with E-state index in [4.69, 9.17) is 5.11 Å². The number of benzene rings is 1. The molecule has 7 nitrogen and oxygen atoms in total. The maximum atomic E-state index is 12.0. The minimum atomic E-state index is -0.493. The summed E-state index contributed by atoms with van der Waals surface area (Å²) >= 11 is 0. The number of rotatable bonds is 8. The Bertz CT molecular complexity index is 585. The number of aliphatic hydroxyl groups excluding tert-OH is 1. The van der Waals surface area contributed by atoms with Gasteiger partial charge in [-0.2, -0.15) is 0 Å². The Labute approximate surface area is 135 Å². The van der Waals surface area contributed by atoms with Gasteiger partial charge in [0.25, 0.3) is 11.6 Å². The molecule has 1 aliphatic rings. The molecule has 7 heteroatoms. The standard InChI is InChI=1S/C16H23N3O4/c1-10(2)13(7-8-20)18-14-6-3-11(9-15(14)19(22)23)16(21)17-12-4-5-12/h3,6,9-10,12-13,18,20H,4-5,7-8H2,1-2H3,(H,17,21)/t13-/m1/s1. The van der Waals surface area contributed by atoms with Crippen molar-refractivity contribution in [1.29, 1.82) is 0 Å². The molecule has 0 spiro atoms. The van der Waals surface area contributed by atoms with Crippen molar-refractivity contribution < 1.29 is 14.8 Å². The summed E-state index contributed by atoms with van der Waals surface area (Å²) < 4.78 is 0. The van der Waals surface area contributed by atoms with E-state index in [0.29, 0.717) is 12.1 Å². The Morgan fingerprint density at radius 1 is 1.43 bits per heavy atom. The second-order valence-corrected chi connectivity index (χ2v) is 6.24. The minimum Gasteiger partial charge on any atom is -0.396 e. The van der Waals surface area contributed by atoms with Crippen LogP contribution in [0.2, 0.25) is 0 Å². The van der Waals surface area contributed by atoms with Crippen LogP contribution in [-0.2, 0) is 0 Å². The van der Waals surface area contributed by atoms with Crippen LogP contribution < -0.4 is 10.6 Å². The van der Waals surface area contributed by atoms with Crippen LogP contribution in [-0.4, -0.2) is 34.6 Å². The van der Waals surface area contributed by atoms with Crippen LogP contribution in [0.1, 0.15) is 43.5 Å². The fraction of sp³-hybridized carbons (Fsp3) is 0.562. The lowest BCUT2D eigenvalue weighted by molar-refractivity contribution is -0.384. The first-order chi connectivity index (χ1) is 10.9. The summed E-state index contributed by atoms with van der Waals surface area (Å²) in [6.45, 7) is 3.97. The van der Waals surface area contributed by atoms with Crippen molar-refractivity contribution in [2.24, 2.45) is 5.92 Å². The smallest absolute Gasteiger partial charge is 0.293 e. The summed E-state index contributed by atoms with van der Waals surface area (Å²) in [5, 5.41) is 26.4. The molecule has 1 aromatic rings. The van der Waals surface area contributed by atoms with E-state index < -0.39 is 4.92 Å². The molecule has 1 aromatic carbocycles. The van der Waals surface area contributed by atoms with E-state index >= 15 is 0 Å². The Balaban J connectivity index is 2.21. The number of carbonyl (C=O) groups excluding carboxylic acids is 1. The lowest BCUT2D eigenvalue weighted by atomic mass is 10.0. The summed E-state index contributed by atoms with van der Waals surface area (Å²) in [7, 11) is 0. The van der Waals surface area contributed by atoms with Gasteiger partial charge in [0.05, 0.1) is 4.92 Å². The molecule has 1 fully saturated rings. The summed E-state index contributed by atoms with van der Waals surface area (Å²) in [5.74, 6) is -0.0717. The molecule has 0 radical (unpaired) electrons. The zero-order chi connectivity index (χ0) is 17.0. The van der Waals surface area contributed by atoms with Crippen LogP contribution >= 0.6 is 0 Å². The number of nitrogens with zero attached hydrogens (tertiary/aromatic N) is 1. The number of amides is 1. The zero-order valence-corrected chi connectivity index (χ0v) is 13.4. The number of hydrogen-bond donors (Lipinski definition) is 3. The Morgan fingerprint density at radius 2 is 2.13 bits per heavy atom. The number of nitro benzene ring substituents is 1. The van der Waals surface area contributed by atoms with Gasteiger partial charge in [-0.15, -0.1) is 0 Å². The van der Waals surface area contributed by atoms with Gasteiger partial charge < -0.3 is 15.7 Å². The predicted octanol–water partition coefficient (Wildman–Crippen LogP) is 2.31. The van der Waals surface area contributed by atoms with E-state index in [1.807, 2.05) is 13.8 Å². The average Bonchev–Trinajstić information content (AvgIpc) is 3.30. The molecule has 0 unspecified atom stereocenters. The fourth-order valence-corrected chi connectivity index (χ4v) is 2.35. The van der Waals surface area contributed by atoms with Crippen LogP contribution in [0, 0.1) is 16.0 Å². The monoisotopic (exact) mass is 321 g/mol. The third kappa shape index (κ3) is 4.66. The normalized spacial score (nSPS) is 15.3. The first-order valence-electron chi connectivity index (χ1n) is 7.89. The topological polar surface area (TPSA) is 104 Å². The first-order valence-corrected chi connectivity index (χ1v) is 7.89. The quantitative estimate of drug-likeness (QED) is 0.503. The number of nitro groups is 1. The van der Waals surface area contributed by atoms with E-state index in [2.05, 4.69) is 10.6 Å². The molecule has 126 valence electrons. The van der Waals surface area contributed by atoms with E-state index in [9.17, 15) is 14.9 Å². The first kappa shape index (κ1) is 17.2. The molecule has 3 N–H and O–H groups in total. The number of nitrogens with one attached hydrogen (secondary N) is 2. The van der Waals surface area contributed by atoms with Crippen molar-refractivity contribution in [3.05, 3.63) is 33.9 Å².